The highest BCUT2D eigenvalue weighted by molar-refractivity contribution is 14.1. The number of halogens is 1. The van der Waals surface area contributed by atoms with Crippen molar-refractivity contribution in [3.8, 4) is 0 Å². The number of hydrogen-bond acceptors (Lipinski definition) is 4. The molecule has 3 rings (SSSR count). The molecule has 1 aromatic carbocycles. The molecule has 0 unspecified atom stereocenters. The Morgan fingerprint density at radius 3 is 2.61 bits per heavy atom. The fourth-order valence-electron chi connectivity index (χ4n) is 1.55. The third-order valence-electron chi connectivity index (χ3n) is 2.42. The molecule has 2 heterocycles. The summed E-state index contributed by atoms with van der Waals surface area (Å²) in [5.41, 5.74) is 7.29. The molecule has 2 aromatic heterocycles. The number of rotatable bonds is 2. The van der Waals surface area contributed by atoms with Gasteiger partial charge in [-0.1, -0.05) is 0 Å². The van der Waals surface area contributed by atoms with Gasteiger partial charge in [-0.15, -0.1) is 10.2 Å². The molecule has 0 saturated carbocycles. The van der Waals surface area contributed by atoms with E-state index in [1.165, 1.54) is 0 Å². The zero-order valence-electron chi connectivity index (χ0n) is 9.25. The Morgan fingerprint density at radius 2 is 1.83 bits per heavy atom. The summed E-state index contributed by atoms with van der Waals surface area (Å²) in [6.45, 7) is 0. The maximum Gasteiger partial charge on any atom is 0.200 e. The molecule has 0 saturated heterocycles. The highest BCUT2D eigenvalue weighted by Crippen LogP contribution is 2.27. The average Bonchev–Trinajstić information content (AvgIpc) is 2.75. The molecule has 0 bridgehead atoms. The Labute approximate surface area is 122 Å². The van der Waals surface area contributed by atoms with Crippen molar-refractivity contribution >= 4 is 45.7 Å². The van der Waals surface area contributed by atoms with Gasteiger partial charge < -0.3 is 5.73 Å². The van der Waals surface area contributed by atoms with Crippen LogP contribution >= 0.6 is 34.4 Å². The lowest BCUT2D eigenvalue weighted by molar-refractivity contribution is 0.919. The third kappa shape index (κ3) is 2.30. The second-order valence-electron chi connectivity index (χ2n) is 3.73. The molecule has 4 nitrogen and oxygen atoms in total. The molecule has 3 aromatic rings. The van der Waals surface area contributed by atoms with Gasteiger partial charge in [-0.3, -0.25) is 4.40 Å². The first-order valence-corrected chi connectivity index (χ1v) is 7.15. The molecule has 0 aliphatic carbocycles. The van der Waals surface area contributed by atoms with Gasteiger partial charge >= 0.3 is 0 Å². The first-order valence-electron chi connectivity index (χ1n) is 5.26. The van der Waals surface area contributed by atoms with Gasteiger partial charge in [0.1, 0.15) is 0 Å². The van der Waals surface area contributed by atoms with E-state index in [0.717, 1.165) is 25.0 Å². The second kappa shape index (κ2) is 4.77. The van der Waals surface area contributed by atoms with Gasteiger partial charge in [0, 0.05) is 20.3 Å². The molecule has 18 heavy (non-hydrogen) atoms. The van der Waals surface area contributed by atoms with Crippen molar-refractivity contribution in [3.05, 3.63) is 46.2 Å². The van der Waals surface area contributed by atoms with Gasteiger partial charge in [0.2, 0.25) is 0 Å². The summed E-state index contributed by atoms with van der Waals surface area (Å²) < 4.78 is 3.14. The summed E-state index contributed by atoms with van der Waals surface area (Å²) in [5, 5.41) is 9.19. The van der Waals surface area contributed by atoms with Crippen LogP contribution in [0, 0.1) is 3.57 Å². The van der Waals surface area contributed by atoms with Crippen LogP contribution in [-0.4, -0.2) is 14.6 Å². The standard InChI is InChI=1S/C12H9IN4S/c13-8-1-6-11-15-16-12(17(11)7-8)18-10-4-2-9(14)3-5-10/h1-7H,14H2. The van der Waals surface area contributed by atoms with E-state index in [4.69, 9.17) is 5.73 Å². The number of benzene rings is 1. The van der Waals surface area contributed by atoms with Crippen molar-refractivity contribution < 1.29 is 0 Å². The fourth-order valence-corrected chi connectivity index (χ4v) is 2.82. The number of nitrogens with zero attached hydrogens (tertiary/aromatic N) is 3. The molecule has 0 radical (unpaired) electrons. The van der Waals surface area contributed by atoms with E-state index in [9.17, 15) is 0 Å². The van der Waals surface area contributed by atoms with Crippen LogP contribution in [0.3, 0.4) is 0 Å². The maximum absolute atomic E-state index is 5.67. The summed E-state index contributed by atoms with van der Waals surface area (Å²) in [4.78, 5) is 1.09. The van der Waals surface area contributed by atoms with Crippen LogP contribution in [-0.2, 0) is 0 Å². The predicted octanol–water partition coefficient (Wildman–Crippen LogP) is 3.07. The number of anilines is 1. The quantitative estimate of drug-likeness (QED) is 0.558. The van der Waals surface area contributed by atoms with Gasteiger partial charge in [-0.2, -0.15) is 0 Å². The maximum atomic E-state index is 5.67. The molecular formula is C12H9IN4S. The van der Waals surface area contributed by atoms with E-state index in [1.807, 2.05) is 47.0 Å². The Kier molecular flexibility index (Phi) is 3.13. The van der Waals surface area contributed by atoms with Gasteiger partial charge in [0.05, 0.1) is 0 Å². The average molecular weight is 368 g/mol. The lowest BCUT2D eigenvalue weighted by Gasteiger charge is -2.01. The predicted molar refractivity (Wildman–Crippen MR) is 80.7 cm³/mol. The Balaban J connectivity index is 1.99. The summed E-state index contributed by atoms with van der Waals surface area (Å²) in [6, 6.07) is 11.7. The summed E-state index contributed by atoms with van der Waals surface area (Å²) >= 11 is 3.85. The fraction of sp³-hybridized carbons (Fsp3) is 0. The van der Waals surface area contributed by atoms with Crippen molar-refractivity contribution in [2.45, 2.75) is 10.1 Å². The Hall–Kier alpha value is -1.28. The molecule has 0 aliphatic heterocycles. The first-order chi connectivity index (χ1) is 8.72. The zero-order valence-corrected chi connectivity index (χ0v) is 12.2. The topological polar surface area (TPSA) is 56.2 Å². The summed E-state index contributed by atoms with van der Waals surface area (Å²) in [5.74, 6) is 0. The normalized spacial score (nSPS) is 10.9. The van der Waals surface area contributed by atoms with Crippen molar-refractivity contribution in [2.24, 2.45) is 0 Å². The SMILES string of the molecule is Nc1ccc(Sc2nnc3ccc(I)cn23)cc1. The van der Waals surface area contributed by atoms with Gasteiger partial charge in [-0.25, -0.2) is 0 Å². The molecule has 0 atom stereocenters. The Morgan fingerprint density at radius 1 is 1.06 bits per heavy atom. The second-order valence-corrected chi connectivity index (χ2v) is 6.02. The molecule has 0 aliphatic rings. The smallest absolute Gasteiger partial charge is 0.200 e. The lowest BCUT2D eigenvalue weighted by atomic mass is 10.3. The highest BCUT2D eigenvalue weighted by Gasteiger charge is 2.07. The molecular weight excluding hydrogens is 359 g/mol. The van der Waals surface area contributed by atoms with Gasteiger partial charge in [-0.05, 0) is 70.8 Å². The number of hydrogen-bond donors (Lipinski definition) is 1. The van der Waals surface area contributed by atoms with Crippen LogP contribution in [0.5, 0.6) is 0 Å². The number of pyridine rings is 1. The molecule has 0 fully saturated rings. The van der Waals surface area contributed by atoms with Crippen molar-refractivity contribution in [3.63, 3.8) is 0 Å². The van der Waals surface area contributed by atoms with E-state index in [1.54, 1.807) is 11.8 Å². The molecule has 2 N–H and O–H groups in total. The van der Waals surface area contributed by atoms with Gasteiger partial charge in [0.15, 0.2) is 10.8 Å². The number of nitrogens with two attached hydrogens (primary N) is 1. The number of aromatic nitrogens is 3. The van der Waals surface area contributed by atoms with Crippen LogP contribution < -0.4 is 5.73 Å². The number of fused-ring (bicyclic) bond motifs is 1. The summed E-state index contributed by atoms with van der Waals surface area (Å²) in [6.07, 6.45) is 2.02. The minimum atomic E-state index is 0.764. The van der Waals surface area contributed by atoms with Crippen molar-refractivity contribution in [1.29, 1.82) is 0 Å². The Bertz CT molecular complexity index is 693. The monoisotopic (exact) mass is 368 g/mol. The summed E-state index contributed by atoms with van der Waals surface area (Å²) in [7, 11) is 0. The van der Waals surface area contributed by atoms with Crippen LogP contribution in [0.1, 0.15) is 0 Å². The molecule has 6 heteroatoms. The van der Waals surface area contributed by atoms with E-state index < -0.39 is 0 Å². The van der Waals surface area contributed by atoms with Crippen LogP contribution in [0.4, 0.5) is 5.69 Å². The van der Waals surface area contributed by atoms with E-state index in [0.29, 0.717) is 0 Å². The van der Waals surface area contributed by atoms with Crippen LogP contribution in [0.25, 0.3) is 5.65 Å². The third-order valence-corrected chi connectivity index (χ3v) is 4.03. The minimum absolute atomic E-state index is 0.764. The largest absolute Gasteiger partial charge is 0.399 e. The highest BCUT2D eigenvalue weighted by atomic mass is 127. The number of nitrogen functional groups attached to an aromatic ring is 1. The van der Waals surface area contributed by atoms with E-state index in [-0.39, 0.29) is 0 Å². The molecule has 0 amide bonds. The van der Waals surface area contributed by atoms with Gasteiger partial charge in [0.25, 0.3) is 0 Å². The van der Waals surface area contributed by atoms with Crippen molar-refractivity contribution in [1.82, 2.24) is 14.6 Å². The van der Waals surface area contributed by atoms with E-state index in [2.05, 4.69) is 32.8 Å². The molecule has 90 valence electrons. The van der Waals surface area contributed by atoms with E-state index >= 15 is 0 Å². The molecule has 0 spiro atoms. The minimum Gasteiger partial charge on any atom is -0.399 e. The zero-order chi connectivity index (χ0) is 12.5. The van der Waals surface area contributed by atoms with Crippen molar-refractivity contribution in [2.75, 3.05) is 5.73 Å². The lowest BCUT2D eigenvalue weighted by Crippen LogP contribution is -1.88. The van der Waals surface area contributed by atoms with Crippen LogP contribution in [0.2, 0.25) is 0 Å². The first kappa shape index (κ1) is 11.8. The van der Waals surface area contributed by atoms with Crippen LogP contribution in [0.15, 0.2) is 52.6 Å².